The maximum Gasteiger partial charge on any atom is 0.147 e. The molecule has 5 heteroatoms. The molecule has 0 fully saturated rings. The predicted octanol–water partition coefficient (Wildman–Crippen LogP) is 1.36. The second-order valence-electron chi connectivity index (χ2n) is 4.36. The molecule has 0 aliphatic rings. The van der Waals surface area contributed by atoms with Gasteiger partial charge in [0, 0.05) is 19.9 Å². The van der Waals surface area contributed by atoms with Crippen LogP contribution in [0.15, 0.2) is 24.3 Å². The maximum absolute atomic E-state index is 11.0. The van der Waals surface area contributed by atoms with Gasteiger partial charge in [0.15, 0.2) is 0 Å². The third kappa shape index (κ3) is 6.14. The molecule has 0 spiro atoms. The van der Waals surface area contributed by atoms with Crippen LogP contribution in [0.2, 0.25) is 0 Å². The molecule has 0 aliphatic heterocycles. The highest BCUT2D eigenvalue weighted by Gasteiger charge is 2.03. The van der Waals surface area contributed by atoms with Crippen LogP contribution in [0.5, 0.6) is 0 Å². The molecular weight excluding hydrogens is 250 g/mol. The van der Waals surface area contributed by atoms with Crippen LogP contribution in [0.25, 0.3) is 0 Å². The number of hydrogen-bond acceptors (Lipinski definition) is 4. The van der Waals surface area contributed by atoms with E-state index in [2.05, 4.69) is 11.4 Å². The first-order chi connectivity index (χ1) is 8.53. The number of ether oxygens (including phenoxy) is 1. The van der Waals surface area contributed by atoms with E-state index in [1.54, 1.807) is 7.11 Å². The first kappa shape index (κ1) is 15.1. The summed E-state index contributed by atoms with van der Waals surface area (Å²) in [5, 5.41) is 3.25. The molecule has 4 nitrogen and oxygen atoms in total. The van der Waals surface area contributed by atoms with Crippen LogP contribution in [0.3, 0.4) is 0 Å². The molecule has 0 bridgehead atoms. The van der Waals surface area contributed by atoms with E-state index in [4.69, 9.17) is 4.74 Å². The molecule has 0 saturated carbocycles. The Kier molecular flexibility index (Phi) is 6.32. The zero-order valence-corrected chi connectivity index (χ0v) is 11.8. The molecule has 0 aliphatic carbocycles. The second-order valence-corrected chi connectivity index (χ2v) is 6.62. The fourth-order valence-corrected chi connectivity index (χ4v) is 2.38. The van der Waals surface area contributed by atoms with Crippen LogP contribution < -0.4 is 5.32 Å². The summed E-state index contributed by atoms with van der Waals surface area (Å²) in [4.78, 5) is 0. The number of sulfone groups is 1. The number of benzene rings is 1. The van der Waals surface area contributed by atoms with Crippen molar-refractivity contribution in [3.63, 3.8) is 0 Å². The lowest BCUT2D eigenvalue weighted by Crippen LogP contribution is -2.18. The van der Waals surface area contributed by atoms with E-state index in [-0.39, 0.29) is 5.75 Å². The van der Waals surface area contributed by atoms with E-state index >= 15 is 0 Å². The summed E-state index contributed by atoms with van der Waals surface area (Å²) >= 11 is 0. The lowest BCUT2D eigenvalue weighted by atomic mass is 10.1. The van der Waals surface area contributed by atoms with Crippen molar-refractivity contribution < 1.29 is 13.2 Å². The standard InChI is InChI=1S/C13H21NO3S/c1-17-11-13-7-4-3-6-12(13)10-14-8-5-9-18(2,15)16/h3-4,6-7,14H,5,8-11H2,1-2H3. The summed E-state index contributed by atoms with van der Waals surface area (Å²) in [6, 6.07) is 8.07. The Morgan fingerprint density at radius 2 is 1.89 bits per heavy atom. The van der Waals surface area contributed by atoms with Gasteiger partial charge in [0.2, 0.25) is 0 Å². The SMILES string of the molecule is COCc1ccccc1CNCCCS(C)(=O)=O. The van der Waals surface area contributed by atoms with Crippen molar-refractivity contribution in [2.45, 2.75) is 19.6 Å². The number of rotatable bonds is 8. The van der Waals surface area contributed by atoms with Crippen LogP contribution >= 0.6 is 0 Å². The average molecular weight is 271 g/mol. The van der Waals surface area contributed by atoms with E-state index in [1.165, 1.54) is 11.8 Å². The summed E-state index contributed by atoms with van der Waals surface area (Å²) < 4.78 is 27.1. The summed E-state index contributed by atoms with van der Waals surface area (Å²) in [6.45, 7) is 2.04. The lowest BCUT2D eigenvalue weighted by molar-refractivity contribution is 0.184. The van der Waals surface area contributed by atoms with E-state index in [0.29, 0.717) is 19.6 Å². The largest absolute Gasteiger partial charge is 0.380 e. The molecule has 0 radical (unpaired) electrons. The van der Waals surface area contributed by atoms with Crippen LogP contribution in [-0.4, -0.2) is 34.1 Å². The van der Waals surface area contributed by atoms with Gasteiger partial charge in [0.05, 0.1) is 12.4 Å². The average Bonchev–Trinajstić information content (AvgIpc) is 2.29. The Bertz CT molecular complexity index is 457. The number of methoxy groups -OCH3 is 1. The Morgan fingerprint density at radius 3 is 2.50 bits per heavy atom. The molecule has 1 aromatic carbocycles. The molecule has 0 heterocycles. The molecule has 1 N–H and O–H groups in total. The van der Waals surface area contributed by atoms with E-state index in [0.717, 1.165) is 12.1 Å². The summed E-state index contributed by atoms with van der Waals surface area (Å²) in [7, 11) is -1.17. The van der Waals surface area contributed by atoms with Crippen LogP contribution in [0.4, 0.5) is 0 Å². The molecule has 0 unspecified atom stereocenters. The van der Waals surface area contributed by atoms with Crippen molar-refractivity contribution in [2.75, 3.05) is 25.7 Å². The normalized spacial score (nSPS) is 11.7. The van der Waals surface area contributed by atoms with Gasteiger partial charge in [-0.15, -0.1) is 0 Å². The molecule has 18 heavy (non-hydrogen) atoms. The van der Waals surface area contributed by atoms with Gasteiger partial charge in [-0.25, -0.2) is 8.42 Å². The van der Waals surface area contributed by atoms with Crippen molar-refractivity contribution in [3.05, 3.63) is 35.4 Å². The van der Waals surface area contributed by atoms with Gasteiger partial charge >= 0.3 is 0 Å². The van der Waals surface area contributed by atoms with E-state index in [9.17, 15) is 8.42 Å². The predicted molar refractivity (Wildman–Crippen MR) is 73.2 cm³/mol. The highest BCUT2D eigenvalue weighted by molar-refractivity contribution is 7.90. The van der Waals surface area contributed by atoms with Gasteiger partial charge in [-0.3, -0.25) is 0 Å². The Morgan fingerprint density at radius 1 is 1.22 bits per heavy atom. The van der Waals surface area contributed by atoms with Crippen molar-refractivity contribution >= 4 is 9.84 Å². The van der Waals surface area contributed by atoms with Gasteiger partial charge in [0.25, 0.3) is 0 Å². The summed E-state index contributed by atoms with van der Waals surface area (Å²) in [5.74, 6) is 0.236. The van der Waals surface area contributed by atoms with Crippen molar-refractivity contribution in [2.24, 2.45) is 0 Å². The van der Waals surface area contributed by atoms with Gasteiger partial charge in [0.1, 0.15) is 9.84 Å². The zero-order valence-electron chi connectivity index (χ0n) is 11.0. The zero-order chi connectivity index (χ0) is 13.4. The van der Waals surface area contributed by atoms with Gasteiger partial charge in [-0.2, -0.15) is 0 Å². The van der Waals surface area contributed by atoms with Gasteiger partial charge < -0.3 is 10.1 Å². The third-order valence-electron chi connectivity index (χ3n) is 2.60. The molecule has 0 atom stereocenters. The molecule has 1 aromatic rings. The van der Waals surface area contributed by atoms with Gasteiger partial charge in [-0.05, 0) is 24.1 Å². The minimum Gasteiger partial charge on any atom is -0.380 e. The Hall–Kier alpha value is -0.910. The van der Waals surface area contributed by atoms with Crippen molar-refractivity contribution in [1.29, 1.82) is 0 Å². The molecule has 1 rings (SSSR count). The van der Waals surface area contributed by atoms with Gasteiger partial charge in [-0.1, -0.05) is 24.3 Å². The summed E-state index contributed by atoms with van der Waals surface area (Å²) in [6.07, 6.45) is 1.91. The van der Waals surface area contributed by atoms with Crippen molar-refractivity contribution in [3.8, 4) is 0 Å². The first-order valence-corrected chi connectivity index (χ1v) is 8.03. The monoisotopic (exact) mass is 271 g/mol. The maximum atomic E-state index is 11.0. The van der Waals surface area contributed by atoms with E-state index < -0.39 is 9.84 Å². The second kappa shape index (κ2) is 7.51. The topological polar surface area (TPSA) is 55.4 Å². The smallest absolute Gasteiger partial charge is 0.147 e. The van der Waals surface area contributed by atoms with Crippen LogP contribution in [0, 0.1) is 0 Å². The molecular formula is C13H21NO3S. The lowest BCUT2D eigenvalue weighted by Gasteiger charge is -2.09. The van der Waals surface area contributed by atoms with Crippen LogP contribution in [0.1, 0.15) is 17.5 Å². The molecule has 0 amide bonds. The fraction of sp³-hybridized carbons (Fsp3) is 0.538. The Balaban J connectivity index is 2.35. The summed E-state index contributed by atoms with van der Waals surface area (Å²) in [5.41, 5.74) is 2.36. The quantitative estimate of drug-likeness (QED) is 0.725. The van der Waals surface area contributed by atoms with Crippen LogP contribution in [-0.2, 0) is 27.7 Å². The highest BCUT2D eigenvalue weighted by atomic mass is 32.2. The third-order valence-corrected chi connectivity index (χ3v) is 3.63. The first-order valence-electron chi connectivity index (χ1n) is 5.97. The van der Waals surface area contributed by atoms with Crippen molar-refractivity contribution in [1.82, 2.24) is 5.32 Å². The number of hydrogen-bond donors (Lipinski definition) is 1. The fourth-order valence-electron chi connectivity index (χ4n) is 1.71. The van der Waals surface area contributed by atoms with E-state index in [1.807, 2.05) is 18.2 Å². The minimum absolute atomic E-state index is 0.236. The molecule has 102 valence electrons. The highest BCUT2D eigenvalue weighted by Crippen LogP contribution is 2.09. The molecule has 0 saturated heterocycles. The Labute approximate surface area is 109 Å². The number of nitrogens with one attached hydrogen (secondary N) is 1. The minimum atomic E-state index is -2.85. The molecule has 0 aromatic heterocycles.